The summed E-state index contributed by atoms with van der Waals surface area (Å²) in [6.07, 6.45) is 8.04. The van der Waals surface area contributed by atoms with E-state index in [1.807, 2.05) is 19.9 Å². The Morgan fingerprint density at radius 3 is 2.72 bits per heavy atom. The van der Waals surface area contributed by atoms with Crippen LogP contribution in [0.15, 0.2) is 42.0 Å². The molecule has 0 bridgehead atoms. The number of carbonyl (C=O) groups excluding carboxylic acids is 1. The Kier molecular flexibility index (Phi) is 5.95. The molecule has 2 heterocycles. The Hall–Kier alpha value is -1.61. The van der Waals surface area contributed by atoms with Crippen molar-refractivity contribution in [3.05, 3.63) is 47.5 Å². The summed E-state index contributed by atoms with van der Waals surface area (Å²) in [5.41, 5.74) is 2.66. The van der Waals surface area contributed by atoms with Gasteiger partial charge in [-0.15, -0.1) is 0 Å². The highest BCUT2D eigenvalue weighted by atomic mass is 16.2. The zero-order valence-corrected chi connectivity index (χ0v) is 15.8. The van der Waals surface area contributed by atoms with Gasteiger partial charge < -0.3 is 9.80 Å². The number of benzene rings is 1. The van der Waals surface area contributed by atoms with Crippen molar-refractivity contribution in [2.75, 3.05) is 32.7 Å². The molecule has 2 saturated heterocycles. The SMILES string of the molecule is CC=C(C)C(=O)N1CCC2(CCCN(CCCc3ccccc3)C2)C1. The summed E-state index contributed by atoms with van der Waals surface area (Å²) in [5, 5.41) is 0. The third-order valence-electron chi connectivity index (χ3n) is 6.02. The molecule has 0 saturated carbocycles. The Morgan fingerprint density at radius 2 is 1.96 bits per heavy atom. The second-order valence-corrected chi connectivity index (χ2v) is 7.92. The summed E-state index contributed by atoms with van der Waals surface area (Å²) in [6, 6.07) is 10.8. The summed E-state index contributed by atoms with van der Waals surface area (Å²) in [6.45, 7) is 9.34. The van der Waals surface area contributed by atoms with E-state index < -0.39 is 0 Å². The molecule has 0 N–H and O–H groups in total. The Morgan fingerprint density at radius 1 is 1.16 bits per heavy atom. The quantitative estimate of drug-likeness (QED) is 0.759. The van der Waals surface area contributed by atoms with Crippen LogP contribution in [0.3, 0.4) is 0 Å². The molecular formula is C22H32N2O. The lowest BCUT2D eigenvalue weighted by Crippen LogP contribution is -2.45. The number of allylic oxidation sites excluding steroid dienone is 1. The van der Waals surface area contributed by atoms with E-state index in [4.69, 9.17) is 0 Å². The number of nitrogens with zero attached hydrogens (tertiary/aromatic N) is 2. The summed E-state index contributed by atoms with van der Waals surface area (Å²) in [5.74, 6) is 0.237. The van der Waals surface area contributed by atoms with Crippen LogP contribution < -0.4 is 0 Å². The highest BCUT2D eigenvalue weighted by Crippen LogP contribution is 2.39. The lowest BCUT2D eigenvalue weighted by Gasteiger charge is -2.40. The molecule has 3 heteroatoms. The molecule has 1 spiro atoms. The van der Waals surface area contributed by atoms with Gasteiger partial charge in [0.1, 0.15) is 0 Å². The van der Waals surface area contributed by atoms with Gasteiger partial charge in [-0.25, -0.2) is 0 Å². The molecule has 2 aliphatic rings. The third-order valence-corrected chi connectivity index (χ3v) is 6.02. The number of amides is 1. The van der Waals surface area contributed by atoms with Crippen LogP contribution in [0.2, 0.25) is 0 Å². The van der Waals surface area contributed by atoms with Crippen LogP contribution in [0.1, 0.15) is 45.1 Å². The van der Waals surface area contributed by atoms with E-state index in [9.17, 15) is 4.79 Å². The summed E-state index contributed by atoms with van der Waals surface area (Å²) < 4.78 is 0. The molecule has 1 aromatic carbocycles. The lowest BCUT2D eigenvalue weighted by molar-refractivity contribution is -0.126. The Labute approximate surface area is 152 Å². The molecule has 2 fully saturated rings. The first kappa shape index (κ1) is 18.2. The number of piperidine rings is 1. The fourth-order valence-electron chi connectivity index (χ4n) is 4.47. The number of aryl methyl sites for hydroxylation is 1. The van der Waals surface area contributed by atoms with Crippen molar-refractivity contribution >= 4 is 5.91 Å². The van der Waals surface area contributed by atoms with Crippen molar-refractivity contribution in [2.24, 2.45) is 5.41 Å². The molecule has 0 aliphatic carbocycles. The first-order valence-electron chi connectivity index (χ1n) is 9.80. The summed E-state index contributed by atoms with van der Waals surface area (Å²) in [7, 11) is 0. The fourth-order valence-corrected chi connectivity index (χ4v) is 4.47. The standard InChI is InChI=1S/C22H32N2O/c1-3-19(2)21(25)24-16-13-22(18-24)12-8-15-23(17-22)14-7-11-20-9-5-4-6-10-20/h3-6,9-10H,7-8,11-18H2,1-2H3. The maximum Gasteiger partial charge on any atom is 0.249 e. The van der Waals surface area contributed by atoms with E-state index in [0.29, 0.717) is 5.41 Å². The highest BCUT2D eigenvalue weighted by molar-refractivity contribution is 5.92. The van der Waals surface area contributed by atoms with Crippen LogP contribution in [0, 0.1) is 5.41 Å². The average molecular weight is 341 g/mol. The van der Waals surface area contributed by atoms with Gasteiger partial charge in [-0.1, -0.05) is 36.4 Å². The van der Waals surface area contributed by atoms with Crippen LogP contribution in [0.25, 0.3) is 0 Å². The van der Waals surface area contributed by atoms with Crippen molar-refractivity contribution in [3.8, 4) is 0 Å². The van der Waals surface area contributed by atoms with E-state index in [2.05, 4.69) is 40.1 Å². The van der Waals surface area contributed by atoms with Gasteiger partial charge >= 0.3 is 0 Å². The van der Waals surface area contributed by atoms with Gasteiger partial charge in [0.2, 0.25) is 5.91 Å². The van der Waals surface area contributed by atoms with Crippen LogP contribution in [0.4, 0.5) is 0 Å². The Bertz CT molecular complexity index is 610. The summed E-state index contributed by atoms with van der Waals surface area (Å²) in [4.78, 5) is 17.2. The van der Waals surface area contributed by atoms with Crippen LogP contribution in [-0.4, -0.2) is 48.4 Å². The van der Waals surface area contributed by atoms with Crippen molar-refractivity contribution in [3.63, 3.8) is 0 Å². The predicted molar refractivity (Wildman–Crippen MR) is 103 cm³/mol. The molecule has 1 amide bonds. The molecule has 0 radical (unpaired) electrons. The van der Waals surface area contributed by atoms with E-state index in [1.54, 1.807) is 0 Å². The van der Waals surface area contributed by atoms with Gasteiger partial charge in [0.05, 0.1) is 0 Å². The zero-order chi connectivity index (χ0) is 17.7. The minimum atomic E-state index is 0.237. The first-order valence-corrected chi connectivity index (χ1v) is 9.80. The molecule has 1 atom stereocenters. The van der Waals surface area contributed by atoms with Crippen LogP contribution in [-0.2, 0) is 11.2 Å². The first-order chi connectivity index (χ1) is 12.1. The van der Waals surface area contributed by atoms with Crippen molar-refractivity contribution in [1.29, 1.82) is 0 Å². The molecular weight excluding hydrogens is 308 g/mol. The molecule has 136 valence electrons. The number of carbonyl (C=O) groups is 1. The molecule has 0 aromatic heterocycles. The molecule has 3 nitrogen and oxygen atoms in total. The second kappa shape index (κ2) is 8.18. The number of rotatable bonds is 5. The third kappa shape index (κ3) is 4.52. The van der Waals surface area contributed by atoms with Crippen molar-refractivity contribution < 1.29 is 4.79 Å². The smallest absolute Gasteiger partial charge is 0.249 e. The maximum absolute atomic E-state index is 12.5. The van der Waals surface area contributed by atoms with Gasteiger partial charge in [0, 0.05) is 30.6 Å². The molecule has 1 aromatic rings. The lowest BCUT2D eigenvalue weighted by atomic mass is 9.79. The largest absolute Gasteiger partial charge is 0.338 e. The van der Waals surface area contributed by atoms with Gasteiger partial charge in [0.25, 0.3) is 0 Å². The van der Waals surface area contributed by atoms with Gasteiger partial charge in [-0.05, 0) is 64.6 Å². The van der Waals surface area contributed by atoms with Crippen LogP contribution in [0.5, 0.6) is 0 Å². The van der Waals surface area contributed by atoms with Gasteiger partial charge in [-0.3, -0.25) is 4.79 Å². The fraction of sp³-hybridized carbons (Fsp3) is 0.591. The molecule has 1 unspecified atom stereocenters. The minimum absolute atomic E-state index is 0.237. The maximum atomic E-state index is 12.5. The van der Waals surface area contributed by atoms with E-state index in [-0.39, 0.29) is 5.91 Å². The zero-order valence-electron chi connectivity index (χ0n) is 15.8. The predicted octanol–water partition coefficient (Wildman–Crippen LogP) is 3.90. The topological polar surface area (TPSA) is 23.6 Å². The monoisotopic (exact) mass is 340 g/mol. The minimum Gasteiger partial charge on any atom is -0.338 e. The number of hydrogen-bond acceptors (Lipinski definition) is 2. The number of hydrogen-bond donors (Lipinski definition) is 0. The number of likely N-dealkylation sites (tertiary alicyclic amines) is 2. The Balaban J connectivity index is 1.50. The van der Waals surface area contributed by atoms with Gasteiger partial charge in [-0.2, -0.15) is 0 Å². The van der Waals surface area contributed by atoms with Crippen molar-refractivity contribution in [1.82, 2.24) is 9.80 Å². The van der Waals surface area contributed by atoms with Crippen molar-refractivity contribution in [2.45, 2.75) is 46.0 Å². The second-order valence-electron chi connectivity index (χ2n) is 7.92. The summed E-state index contributed by atoms with van der Waals surface area (Å²) >= 11 is 0. The highest BCUT2D eigenvalue weighted by Gasteiger charge is 2.42. The normalized spacial score (nSPS) is 24.9. The van der Waals surface area contributed by atoms with Crippen LogP contribution >= 0.6 is 0 Å². The average Bonchev–Trinajstić information content (AvgIpc) is 3.04. The molecule has 3 rings (SSSR count). The van der Waals surface area contributed by atoms with E-state index in [0.717, 1.165) is 25.1 Å². The van der Waals surface area contributed by atoms with E-state index in [1.165, 1.54) is 50.9 Å². The van der Waals surface area contributed by atoms with E-state index >= 15 is 0 Å². The van der Waals surface area contributed by atoms with Gasteiger partial charge in [0.15, 0.2) is 0 Å². The molecule has 2 aliphatic heterocycles. The molecule has 25 heavy (non-hydrogen) atoms.